The largest absolute Gasteiger partial charge is 0.296 e. The van der Waals surface area contributed by atoms with Crippen LogP contribution in [0, 0.1) is 10.1 Å². The quantitative estimate of drug-likeness (QED) is 0.401. The summed E-state index contributed by atoms with van der Waals surface area (Å²) in [4.78, 5) is 23.0. The molecule has 0 aliphatic rings. The first kappa shape index (κ1) is 22.5. The van der Waals surface area contributed by atoms with Gasteiger partial charge in [-0.25, -0.2) is 8.42 Å². The van der Waals surface area contributed by atoms with Crippen LogP contribution in [-0.2, 0) is 10.0 Å². The Morgan fingerprint density at radius 3 is 2.42 bits per heavy atom. The topological polar surface area (TPSA) is 135 Å². The second-order valence-corrected chi connectivity index (χ2v) is 9.20. The second-order valence-electron chi connectivity index (χ2n) is 6.29. The normalized spacial score (nSPS) is 11.5. The highest BCUT2D eigenvalue weighted by molar-refractivity contribution is 7.89. The van der Waals surface area contributed by atoms with Gasteiger partial charge in [0.1, 0.15) is 5.01 Å². The predicted octanol–water partition coefficient (Wildman–Crippen LogP) is 3.40. The number of nitrogens with zero attached hydrogens (tertiary/aromatic N) is 4. The molecule has 1 amide bonds. The van der Waals surface area contributed by atoms with Gasteiger partial charge in [0.2, 0.25) is 15.2 Å². The van der Waals surface area contributed by atoms with E-state index < -0.39 is 20.9 Å². The number of nitro groups is 1. The minimum atomic E-state index is -3.61. The van der Waals surface area contributed by atoms with E-state index in [1.54, 1.807) is 26.0 Å². The van der Waals surface area contributed by atoms with E-state index in [0.717, 1.165) is 11.3 Å². The molecule has 0 aliphatic heterocycles. The molecular weight excluding hydrogens is 442 g/mol. The van der Waals surface area contributed by atoms with Gasteiger partial charge in [-0.15, -0.1) is 10.2 Å². The summed E-state index contributed by atoms with van der Waals surface area (Å²) in [5.41, 5.74) is 0.696. The molecule has 2 aromatic carbocycles. The molecule has 10 nitrogen and oxygen atoms in total. The Hall–Kier alpha value is -3.22. The van der Waals surface area contributed by atoms with Crippen molar-refractivity contribution in [3.63, 3.8) is 0 Å². The van der Waals surface area contributed by atoms with Crippen molar-refractivity contribution < 1.29 is 18.1 Å². The number of benzene rings is 2. The summed E-state index contributed by atoms with van der Waals surface area (Å²) in [5.74, 6) is -0.478. The Labute approximate surface area is 182 Å². The van der Waals surface area contributed by atoms with Crippen molar-refractivity contribution in [3.05, 3.63) is 64.2 Å². The predicted molar refractivity (Wildman–Crippen MR) is 117 cm³/mol. The fraction of sp³-hybridized carbons (Fsp3) is 0.211. The third-order valence-corrected chi connectivity index (χ3v) is 7.36. The van der Waals surface area contributed by atoms with Crippen LogP contribution in [0.5, 0.6) is 0 Å². The highest BCUT2D eigenvalue weighted by atomic mass is 32.2. The summed E-state index contributed by atoms with van der Waals surface area (Å²) < 4.78 is 26.4. The summed E-state index contributed by atoms with van der Waals surface area (Å²) >= 11 is 1.07. The first-order valence-corrected chi connectivity index (χ1v) is 11.5. The SMILES string of the molecule is CCN(CC)S(=O)(=O)c1ccc(C(=O)Nc2nnc(-c3cccc([N+](=O)[O-])c3)s2)cc1. The van der Waals surface area contributed by atoms with Crippen LogP contribution in [0.1, 0.15) is 24.2 Å². The fourth-order valence-corrected chi connectivity index (χ4v) is 5.00. The van der Waals surface area contributed by atoms with E-state index in [1.807, 2.05) is 0 Å². The Morgan fingerprint density at radius 1 is 1.13 bits per heavy atom. The van der Waals surface area contributed by atoms with Crippen LogP contribution in [-0.4, -0.2) is 46.8 Å². The van der Waals surface area contributed by atoms with Gasteiger partial charge >= 0.3 is 0 Å². The van der Waals surface area contributed by atoms with Gasteiger partial charge < -0.3 is 0 Å². The zero-order valence-corrected chi connectivity index (χ0v) is 18.3. The summed E-state index contributed by atoms with van der Waals surface area (Å²) in [5, 5.41) is 22.0. The zero-order valence-electron chi connectivity index (χ0n) is 16.7. The molecule has 1 N–H and O–H groups in total. The van der Waals surface area contributed by atoms with Gasteiger partial charge in [-0.1, -0.05) is 37.3 Å². The second kappa shape index (κ2) is 9.29. The van der Waals surface area contributed by atoms with E-state index in [1.165, 1.54) is 40.7 Å². The molecule has 3 aromatic rings. The van der Waals surface area contributed by atoms with Crippen LogP contribution >= 0.6 is 11.3 Å². The Bertz CT molecular complexity index is 1200. The fourth-order valence-electron chi connectivity index (χ4n) is 2.80. The van der Waals surface area contributed by atoms with E-state index in [-0.39, 0.29) is 21.3 Å². The Balaban J connectivity index is 1.74. The van der Waals surface area contributed by atoms with Gasteiger partial charge in [-0.2, -0.15) is 4.31 Å². The number of nitrogens with one attached hydrogen (secondary N) is 1. The van der Waals surface area contributed by atoms with Crippen LogP contribution in [0.2, 0.25) is 0 Å². The number of hydrogen-bond acceptors (Lipinski definition) is 8. The summed E-state index contributed by atoms with van der Waals surface area (Å²) in [6, 6.07) is 11.6. The smallest absolute Gasteiger partial charge is 0.270 e. The Kier molecular flexibility index (Phi) is 6.73. The number of non-ortho nitro benzene ring substituents is 1. The van der Waals surface area contributed by atoms with Gasteiger partial charge in [-0.3, -0.25) is 20.2 Å². The molecule has 162 valence electrons. The lowest BCUT2D eigenvalue weighted by Gasteiger charge is -2.18. The number of amides is 1. The van der Waals surface area contributed by atoms with E-state index in [9.17, 15) is 23.3 Å². The molecule has 3 rings (SSSR count). The average molecular weight is 462 g/mol. The van der Waals surface area contributed by atoms with Crippen molar-refractivity contribution >= 4 is 38.1 Å². The number of aromatic nitrogens is 2. The number of carbonyl (C=O) groups is 1. The van der Waals surface area contributed by atoms with Crippen molar-refractivity contribution in [3.8, 4) is 10.6 Å². The number of sulfonamides is 1. The first-order valence-electron chi connectivity index (χ1n) is 9.26. The molecular formula is C19H19N5O5S2. The highest BCUT2D eigenvalue weighted by Gasteiger charge is 2.22. The molecule has 0 saturated heterocycles. The maximum atomic E-state index is 12.5. The first-order chi connectivity index (χ1) is 14.8. The molecule has 0 unspecified atom stereocenters. The molecule has 12 heteroatoms. The van der Waals surface area contributed by atoms with Gasteiger partial charge in [0.05, 0.1) is 9.82 Å². The van der Waals surface area contributed by atoms with Crippen LogP contribution in [0.3, 0.4) is 0 Å². The standard InChI is InChI=1S/C19H19N5O5S2/c1-3-23(4-2)31(28,29)16-10-8-13(9-11-16)17(25)20-19-22-21-18(30-19)14-6-5-7-15(12-14)24(26)27/h5-12H,3-4H2,1-2H3,(H,20,22,25). The minimum Gasteiger partial charge on any atom is -0.296 e. The van der Waals surface area contributed by atoms with E-state index >= 15 is 0 Å². The van der Waals surface area contributed by atoms with Gasteiger partial charge in [0.15, 0.2) is 0 Å². The van der Waals surface area contributed by atoms with Crippen molar-refractivity contribution in [1.29, 1.82) is 0 Å². The van der Waals surface area contributed by atoms with Gasteiger partial charge in [0.25, 0.3) is 11.6 Å². The maximum Gasteiger partial charge on any atom is 0.270 e. The molecule has 0 spiro atoms. The molecule has 0 saturated carbocycles. The number of nitro benzene ring substituents is 1. The monoisotopic (exact) mass is 461 g/mol. The number of carbonyl (C=O) groups excluding carboxylic acids is 1. The van der Waals surface area contributed by atoms with Crippen LogP contribution in [0.15, 0.2) is 53.4 Å². The lowest BCUT2D eigenvalue weighted by Crippen LogP contribution is -2.30. The molecule has 0 aliphatic carbocycles. The minimum absolute atomic E-state index is 0.0713. The lowest BCUT2D eigenvalue weighted by molar-refractivity contribution is -0.384. The summed E-state index contributed by atoms with van der Waals surface area (Å²) in [7, 11) is -3.61. The Morgan fingerprint density at radius 2 is 1.81 bits per heavy atom. The van der Waals surface area contributed by atoms with E-state index in [4.69, 9.17) is 0 Å². The molecule has 1 aromatic heterocycles. The average Bonchev–Trinajstić information content (AvgIpc) is 3.23. The highest BCUT2D eigenvalue weighted by Crippen LogP contribution is 2.29. The molecule has 0 bridgehead atoms. The number of rotatable bonds is 8. The summed E-state index contributed by atoms with van der Waals surface area (Å²) in [6.45, 7) is 4.22. The number of hydrogen-bond donors (Lipinski definition) is 1. The van der Waals surface area contributed by atoms with Crippen molar-refractivity contribution in [2.24, 2.45) is 0 Å². The van der Waals surface area contributed by atoms with Crippen LogP contribution in [0.25, 0.3) is 10.6 Å². The van der Waals surface area contributed by atoms with Crippen LogP contribution in [0.4, 0.5) is 10.8 Å². The number of anilines is 1. The van der Waals surface area contributed by atoms with Crippen molar-refractivity contribution in [1.82, 2.24) is 14.5 Å². The zero-order chi connectivity index (χ0) is 22.6. The maximum absolute atomic E-state index is 12.5. The van der Waals surface area contributed by atoms with Crippen LogP contribution < -0.4 is 5.32 Å². The molecule has 0 radical (unpaired) electrons. The third-order valence-electron chi connectivity index (χ3n) is 4.41. The molecule has 1 heterocycles. The summed E-state index contributed by atoms with van der Waals surface area (Å²) in [6.07, 6.45) is 0. The molecule has 31 heavy (non-hydrogen) atoms. The van der Waals surface area contributed by atoms with Crippen molar-refractivity contribution in [2.75, 3.05) is 18.4 Å². The molecule has 0 atom stereocenters. The van der Waals surface area contributed by atoms with E-state index in [2.05, 4.69) is 15.5 Å². The third kappa shape index (κ3) is 4.93. The van der Waals surface area contributed by atoms with Gasteiger partial charge in [-0.05, 0) is 24.3 Å². The van der Waals surface area contributed by atoms with Crippen molar-refractivity contribution in [2.45, 2.75) is 18.7 Å². The van der Waals surface area contributed by atoms with E-state index in [0.29, 0.717) is 23.7 Å². The van der Waals surface area contributed by atoms with Gasteiger partial charge in [0, 0.05) is 36.3 Å². The molecule has 0 fully saturated rings. The lowest BCUT2D eigenvalue weighted by atomic mass is 10.2.